The largest absolute Gasteiger partial charge is 0.312 e. The molecule has 94 valence electrons. The highest BCUT2D eigenvalue weighted by Crippen LogP contribution is 2.20. The van der Waals surface area contributed by atoms with E-state index in [0.717, 1.165) is 13.1 Å². The molecule has 0 unspecified atom stereocenters. The van der Waals surface area contributed by atoms with Crippen LogP contribution in [-0.4, -0.2) is 33.8 Å². The van der Waals surface area contributed by atoms with Crippen molar-refractivity contribution in [2.24, 2.45) is 0 Å². The van der Waals surface area contributed by atoms with Gasteiger partial charge in [0.25, 0.3) is 5.91 Å². The summed E-state index contributed by atoms with van der Waals surface area (Å²) in [4.78, 5) is 16.0. The molecule has 3 rings (SSSR count). The van der Waals surface area contributed by atoms with Crippen LogP contribution in [0.15, 0.2) is 21.6 Å². The summed E-state index contributed by atoms with van der Waals surface area (Å²) in [6, 6.07) is 2.11. The molecule has 1 saturated heterocycles. The quantitative estimate of drug-likeness (QED) is 0.896. The average Bonchev–Trinajstić information content (AvgIpc) is 2.86. The lowest BCUT2D eigenvalue weighted by atomic mass is 10.2. The molecule has 1 fully saturated rings. The van der Waals surface area contributed by atoms with E-state index in [0.29, 0.717) is 21.5 Å². The lowest BCUT2D eigenvalue weighted by Crippen LogP contribution is -2.44. The van der Waals surface area contributed by atoms with Gasteiger partial charge in [-0.25, -0.2) is 9.67 Å². The third-order valence-electron chi connectivity index (χ3n) is 2.73. The van der Waals surface area contributed by atoms with Crippen LogP contribution in [0.2, 0.25) is 0 Å². The van der Waals surface area contributed by atoms with E-state index in [1.807, 2.05) is 4.68 Å². The summed E-state index contributed by atoms with van der Waals surface area (Å²) in [5, 5.41) is 11.9. The van der Waals surface area contributed by atoms with Crippen molar-refractivity contribution in [2.75, 3.05) is 18.4 Å². The SMILES string of the molecule is O=C(Nc1ccnn1C1CNC1)c1csc(Br)n1. The van der Waals surface area contributed by atoms with Crippen LogP contribution in [0.1, 0.15) is 16.5 Å². The molecule has 0 spiro atoms. The van der Waals surface area contributed by atoms with Crippen molar-refractivity contribution in [1.82, 2.24) is 20.1 Å². The molecule has 0 radical (unpaired) electrons. The Balaban J connectivity index is 1.76. The number of halogens is 1. The van der Waals surface area contributed by atoms with E-state index in [1.165, 1.54) is 11.3 Å². The zero-order valence-corrected chi connectivity index (χ0v) is 11.7. The van der Waals surface area contributed by atoms with Crippen LogP contribution >= 0.6 is 27.3 Å². The minimum absolute atomic E-state index is 0.217. The molecule has 0 aliphatic carbocycles. The van der Waals surface area contributed by atoms with E-state index in [2.05, 4.69) is 36.6 Å². The average molecular weight is 328 g/mol. The summed E-state index contributed by atoms with van der Waals surface area (Å²) in [5.41, 5.74) is 0.409. The fourth-order valence-electron chi connectivity index (χ4n) is 1.69. The molecular formula is C10H10BrN5OS. The minimum atomic E-state index is -0.217. The first kappa shape index (κ1) is 11.8. The molecule has 2 aromatic heterocycles. The smallest absolute Gasteiger partial charge is 0.276 e. The molecule has 0 aromatic carbocycles. The summed E-state index contributed by atoms with van der Waals surface area (Å²) in [5.74, 6) is 0.488. The Morgan fingerprint density at radius 3 is 3.06 bits per heavy atom. The van der Waals surface area contributed by atoms with Gasteiger partial charge >= 0.3 is 0 Å². The van der Waals surface area contributed by atoms with Crippen molar-refractivity contribution in [3.63, 3.8) is 0 Å². The molecule has 8 heteroatoms. The lowest BCUT2D eigenvalue weighted by Gasteiger charge is -2.28. The van der Waals surface area contributed by atoms with Gasteiger partial charge < -0.3 is 10.6 Å². The van der Waals surface area contributed by atoms with Gasteiger partial charge in [0.2, 0.25) is 0 Å². The third-order valence-corrected chi connectivity index (χ3v) is 4.09. The highest BCUT2D eigenvalue weighted by Gasteiger charge is 2.22. The van der Waals surface area contributed by atoms with Gasteiger partial charge in [-0.2, -0.15) is 5.10 Å². The Morgan fingerprint density at radius 1 is 1.61 bits per heavy atom. The summed E-state index contributed by atoms with van der Waals surface area (Å²) in [6.45, 7) is 1.76. The van der Waals surface area contributed by atoms with Gasteiger partial charge in [0.05, 0.1) is 12.2 Å². The van der Waals surface area contributed by atoms with Gasteiger partial charge in [0.15, 0.2) is 3.92 Å². The van der Waals surface area contributed by atoms with E-state index in [1.54, 1.807) is 17.6 Å². The zero-order valence-electron chi connectivity index (χ0n) is 9.26. The minimum Gasteiger partial charge on any atom is -0.312 e. The van der Waals surface area contributed by atoms with Crippen LogP contribution in [0.3, 0.4) is 0 Å². The highest BCUT2D eigenvalue weighted by molar-refractivity contribution is 9.11. The van der Waals surface area contributed by atoms with E-state index in [-0.39, 0.29) is 5.91 Å². The topological polar surface area (TPSA) is 71.8 Å². The highest BCUT2D eigenvalue weighted by atomic mass is 79.9. The maximum atomic E-state index is 12.0. The van der Waals surface area contributed by atoms with Crippen LogP contribution in [0.25, 0.3) is 0 Å². The number of amides is 1. The predicted molar refractivity (Wildman–Crippen MR) is 71.9 cm³/mol. The zero-order chi connectivity index (χ0) is 12.5. The lowest BCUT2D eigenvalue weighted by molar-refractivity contribution is 0.102. The fraction of sp³-hybridized carbons (Fsp3) is 0.300. The maximum absolute atomic E-state index is 12.0. The van der Waals surface area contributed by atoms with E-state index in [9.17, 15) is 4.79 Å². The summed E-state index contributed by atoms with van der Waals surface area (Å²) in [6.07, 6.45) is 1.69. The normalized spacial score (nSPS) is 15.4. The molecule has 6 nitrogen and oxygen atoms in total. The number of thiazole rings is 1. The van der Waals surface area contributed by atoms with E-state index < -0.39 is 0 Å². The van der Waals surface area contributed by atoms with Gasteiger partial charge in [0.1, 0.15) is 11.5 Å². The monoisotopic (exact) mass is 327 g/mol. The van der Waals surface area contributed by atoms with Crippen LogP contribution in [0.4, 0.5) is 5.82 Å². The summed E-state index contributed by atoms with van der Waals surface area (Å²) >= 11 is 4.62. The number of aromatic nitrogens is 3. The third kappa shape index (κ3) is 2.18. The molecule has 3 heterocycles. The van der Waals surface area contributed by atoms with Gasteiger partial charge in [-0.1, -0.05) is 0 Å². The first-order chi connectivity index (χ1) is 8.74. The number of hydrogen-bond donors (Lipinski definition) is 2. The van der Waals surface area contributed by atoms with Gasteiger partial charge in [0, 0.05) is 24.5 Å². The number of rotatable bonds is 3. The molecule has 0 bridgehead atoms. The molecule has 1 aliphatic rings. The number of nitrogens with zero attached hydrogens (tertiary/aromatic N) is 3. The standard InChI is InChI=1S/C10H10BrN5OS/c11-10-14-7(5-18-10)9(17)15-8-1-2-13-16(8)6-3-12-4-6/h1-2,5-6,12H,3-4H2,(H,15,17). The van der Waals surface area contributed by atoms with Crippen molar-refractivity contribution in [3.8, 4) is 0 Å². The van der Waals surface area contributed by atoms with Crippen LogP contribution < -0.4 is 10.6 Å². The molecule has 1 amide bonds. The summed E-state index contributed by atoms with van der Waals surface area (Å²) < 4.78 is 2.53. The Labute approximate surface area is 116 Å². The number of hydrogen-bond acceptors (Lipinski definition) is 5. The molecule has 0 atom stereocenters. The van der Waals surface area contributed by atoms with Gasteiger partial charge in [-0.15, -0.1) is 11.3 Å². The molecule has 2 aromatic rings. The van der Waals surface area contributed by atoms with Crippen molar-refractivity contribution in [3.05, 3.63) is 27.3 Å². The maximum Gasteiger partial charge on any atom is 0.276 e. The van der Waals surface area contributed by atoms with Crippen molar-refractivity contribution in [1.29, 1.82) is 0 Å². The fourth-order valence-corrected chi connectivity index (χ4v) is 2.68. The second kappa shape index (κ2) is 4.79. The molecule has 1 aliphatic heterocycles. The Bertz CT molecular complexity index is 576. The first-order valence-corrected chi connectivity index (χ1v) is 7.08. The number of carbonyl (C=O) groups is 1. The van der Waals surface area contributed by atoms with Crippen LogP contribution in [-0.2, 0) is 0 Å². The molecule has 0 saturated carbocycles. The first-order valence-electron chi connectivity index (χ1n) is 5.40. The second-order valence-corrected chi connectivity index (χ2v) is 6.05. The van der Waals surface area contributed by atoms with Crippen LogP contribution in [0.5, 0.6) is 0 Å². The van der Waals surface area contributed by atoms with Gasteiger partial charge in [-0.05, 0) is 15.9 Å². The number of anilines is 1. The van der Waals surface area contributed by atoms with Gasteiger partial charge in [-0.3, -0.25) is 4.79 Å². The molecular weight excluding hydrogens is 318 g/mol. The van der Waals surface area contributed by atoms with Crippen molar-refractivity contribution in [2.45, 2.75) is 6.04 Å². The van der Waals surface area contributed by atoms with E-state index in [4.69, 9.17) is 0 Å². The van der Waals surface area contributed by atoms with Crippen molar-refractivity contribution < 1.29 is 4.79 Å². The Morgan fingerprint density at radius 2 is 2.44 bits per heavy atom. The van der Waals surface area contributed by atoms with E-state index >= 15 is 0 Å². The number of carbonyl (C=O) groups excluding carboxylic acids is 1. The predicted octanol–water partition coefficient (Wildman–Crippen LogP) is 1.50. The Kier molecular flexibility index (Phi) is 3.14. The molecule has 2 N–H and O–H groups in total. The summed E-state index contributed by atoms with van der Waals surface area (Å²) in [7, 11) is 0. The second-order valence-electron chi connectivity index (χ2n) is 3.91. The number of nitrogens with one attached hydrogen (secondary N) is 2. The Hall–Kier alpha value is -1.25. The molecule has 18 heavy (non-hydrogen) atoms. The van der Waals surface area contributed by atoms with Crippen molar-refractivity contribution >= 4 is 39.0 Å². The van der Waals surface area contributed by atoms with Crippen LogP contribution in [0, 0.1) is 0 Å².